The average Bonchev–Trinajstić information content (AvgIpc) is 2.56. The lowest BCUT2D eigenvalue weighted by Crippen LogP contribution is -2.46. The van der Waals surface area contributed by atoms with Gasteiger partial charge in [0.1, 0.15) is 0 Å². The van der Waals surface area contributed by atoms with E-state index in [0.717, 1.165) is 45.7 Å². The van der Waals surface area contributed by atoms with E-state index in [9.17, 15) is 4.79 Å². The van der Waals surface area contributed by atoms with E-state index < -0.39 is 5.97 Å². The number of carbonyl (C=O) groups is 1. The van der Waals surface area contributed by atoms with Gasteiger partial charge in [-0.05, 0) is 37.9 Å². The van der Waals surface area contributed by atoms with Crippen LogP contribution in [0.3, 0.4) is 0 Å². The van der Waals surface area contributed by atoms with Gasteiger partial charge in [-0.3, -0.25) is 9.69 Å². The predicted octanol–water partition coefficient (Wildman–Crippen LogP) is 3.48. The Morgan fingerprint density at radius 3 is 2.54 bits per heavy atom. The number of piperazine rings is 1. The van der Waals surface area contributed by atoms with Crippen molar-refractivity contribution in [3.05, 3.63) is 35.4 Å². The van der Waals surface area contributed by atoms with Crippen molar-refractivity contribution >= 4 is 28.4 Å². The first-order chi connectivity index (χ1) is 11.4. The van der Waals surface area contributed by atoms with Crippen molar-refractivity contribution in [2.75, 3.05) is 32.7 Å². The average molecular weight is 369 g/mol. The maximum absolute atomic E-state index is 10.6. The van der Waals surface area contributed by atoms with Crippen LogP contribution in [0.2, 0.25) is 0 Å². The van der Waals surface area contributed by atoms with Crippen molar-refractivity contribution in [3.63, 3.8) is 0 Å². The third-order valence-corrected chi connectivity index (χ3v) is 6.65. The highest BCUT2D eigenvalue weighted by molar-refractivity contribution is 8.68. The van der Waals surface area contributed by atoms with E-state index >= 15 is 0 Å². The molecule has 4 nitrogen and oxygen atoms in total. The summed E-state index contributed by atoms with van der Waals surface area (Å²) in [6.07, 6.45) is 1.01. The van der Waals surface area contributed by atoms with Gasteiger partial charge in [0.05, 0.1) is 0 Å². The number of nitrogens with zero attached hydrogens (tertiary/aromatic N) is 2. The lowest BCUT2D eigenvalue weighted by Gasteiger charge is -2.34. The SMILES string of the molecule is CC(C)(SS)c1cccc(CN2CCN(CCCC(=O)O)CC2)c1. The summed E-state index contributed by atoms with van der Waals surface area (Å²) >= 11 is 4.39. The molecule has 0 saturated carbocycles. The van der Waals surface area contributed by atoms with Gasteiger partial charge in [-0.1, -0.05) is 35.1 Å². The molecule has 1 aromatic rings. The molecular formula is C18H28N2O2S2. The number of rotatable bonds is 8. The minimum atomic E-state index is -0.698. The van der Waals surface area contributed by atoms with E-state index in [0.29, 0.717) is 0 Å². The van der Waals surface area contributed by atoms with Gasteiger partial charge in [0.15, 0.2) is 0 Å². The van der Waals surface area contributed by atoms with Crippen molar-refractivity contribution in [3.8, 4) is 0 Å². The summed E-state index contributed by atoms with van der Waals surface area (Å²) in [6.45, 7) is 10.4. The normalized spacial score (nSPS) is 17.1. The molecule has 24 heavy (non-hydrogen) atoms. The second-order valence-electron chi connectivity index (χ2n) is 6.92. The molecule has 1 aliphatic heterocycles. The first-order valence-corrected chi connectivity index (χ1v) is 10.4. The molecule has 1 fully saturated rings. The molecule has 0 amide bonds. The molecule has 0 atom stereocenters. The fourth-order valence-electron chi connectivity index (χ4n) is 2.98. The third kappa shape index (κ3) is 5.99. The van der Waals surface area contributed by atoms with Gasteiger partial charge in [0, 0.05) is 43.9 Å². The van der Waals surface area contributed by atoms with E-state index in [4.69, 9.17) is 5.11 Å². The number of hydrogen-bond donors (Lipinski definition) is 2. The van der Waals surface area contributed by atoms with Gasteiger partial charge in [-0.15, -0.1) is 11.7 Å². The Kier molecular flexibility index (Phi) is 7.47. The monoisotopic (exact) mass is 368 g/mol. The van der Waals surface area contributed by atoms with Crippen LogP contribution < -0.4 is 0 Å². The summed E-state index contributed by atoms with van der Waals surface area (Å²) in [5, 5.41) is 8.71. The first-order valence-electron chi connectivity index (χ1n) is 8.49. The van der Waals surface area contributed by atoms with Crippen LogP contribution in [0.1, 0.15) is 37.8 Å². The van der Waals surface area contributed by atoms with Crippen molar-refractivity contribution in [1.82, 2.24) is 9.80 Å². The smallest absolute Gasteiger partial charge is 0.303 e. The summed E-state index contributed by atoms with van der Waals surface area (Å²) in [4.78, 5) is 15.4. The molecule has 1 aliphatic rings. The van der Waals surface area contributed by atoms with E-state index in [1.807, 2.05) is 0 Å². The molecule has 0 radical (unpaired) electrons. The van der Waals surface area contributed by atoms with E-state index in [-0.39, 0.29) is 11.2 Å². The Bertz CT molecular complexity index is 544. The van der Waals surface area contributed by atoms with E-state index in [1.54, 1.807) is 10.8 Å². The Morgan fingerprint density at radius 1 is 1.25 bits per heavy atom. The zero-order valence-corrected chi connectivity index (χ0v) is 16.3. The summed E-state index contributed by atoms with van der Waals surface area (Å²) in [5.41, 5.74) is 2.66. The molecule has 134 valence electrons. The highest BCUT2D eigenvalue weighted by Gasteiger charge is 2.21. The van der Waals surface area contributed by atoms with Crippen LogP contribution in [0.25, 0.3) is 0 Å². The maximum atomic E-state index is 10.6. The van der Waals surface area contributed by atoms with Crippen molar-refractivity contribution < 1.29 is 9.90 Å². The van der Waals surface area contributed by atoms with Crippen molar-refractivity contribution in [2.24, 2.45) is 0 Å². The molecule has 1 N–H and O–H groups in total. The van der Waals surface area contributed by atoms with E-state index in [1.165, 1.54) is 11.1 Å². The second kappa shape index (κ2) is 9.13. The van der Waals surface area contributed by atoms with Crippen LogP contribution in [0.15, 0.2) is 24.3 Å². The molecule has 1 heterocycles. The Balaban J connectivity index is 1.82. The number of carboxylic acid groups (broad SMARTS) is 1. The van der Waals surface area contributed by atoms with Crippen LogP contribution in [0.5, 0.6) is 0 Å². The van der Waals surface area contributed by atoms with Gasteiger partial charge in [0.25, 0.3) is 0 Å². The molecule has 1 saturated heterocycles. The van der Waals surface area contributed by atoms with Gasteiger partial charge in [0.2, 0.25) is 0 Å². The fourth-order valence-corrected chi connectivity index (χ4v) is 3.53. The highest BCUT2D eigenvalue weighted by atomic mass is 33.1. The van der Waals surface area contributed by atoms with Gasteiger partial charge >= 0.3 is 5.97 Å². The Labute approximate surface area is 154 Å². The molecular weight excluding hydrogens is 340 g/mol. The first kappa shape index (κ1) is 19.6. The summed E-state index contributed by atoms with van der Waals surface area (Å²) in [5.74, 6) is -0.698. The van der Waals surface area contributed by atoms with E-state index in [2.05, 4.69) is 59.6 Å². The van der Waals surface area contributed by atoms with Gasteiger partial charge in [-0.25, -0.2) is 0 Å². The highest BCUT2D eigenvalue weighted by Crippen LogP contribution is 2.38. The zero-order valence-electron chi connectivity index (χ0n) is 14.6. The Morgan fingerprint density at radius 2 is 1.92 bits per heavy atom. The largest absolute Gasteiger partial charge is 0.481 e. The molecule has 0 aromatic heterocycles. The summed E-state index contributed by atoms with van der Waals surface area (Å²) < 4.78 is 0.0158. The molecule has 2 rings (SSSR count). The van der Waals surface area contributed by atoms with Crippen LogP contribution in [0.4, 0.5) is 0 Å². The number of carboxylic acids is 1. The molecule has 0 spiro atoms. The molecule has 0 aliphatic carbocycles. The van der Waals surface area contributed by atoms with Gasteiger partial charge < -0.3 is 10.0 Å². The summed E-state index contributed by atoms with van der Waals surface area (Å²) in [7, 11) is 1.58. The number of hydrogen-bond acceptors (Lipinski definition) is 5. The number of benzene rings is 1. The van der Waals surface area contributed by atoms with Crippen LogP contribution in [-0.2, 0) is 16.1 Å². The maximum Gasteiger partial charge on any atom is 0.303 e. The van der Waals surface area contributed by atoms with Crippen molar-refractivity contribution in [2.45, 2.75) is 38.0 Å². The second-order valence-corrected chi connectivity index (χ2v) is 8.67. The number of aliphatic carboxylic acids is 1. The fraction of sp³-hybridized carbons (Fsp3) is 0.611. The topological polar surface area (TPSA) is 43.8 Å². The molecule has 1 aromatic carbocycles. The minimum Gasteiger partial charge on any atom is -0.481 e. The van der Waals surface area contributed by atoms with Crippen LogP contribution in [0, 0.1) is 0 Å². The summed E-state index contributed by atoms with van der Waals surface area (Å²) in [6, 6.07) is 8.80. The van der Waals surface area contributed by atoms with Gasteiger partial charge in [-0.2, -0.15) is 0 Å². The molecule has 6 heteroatoms. The molecule has 0 bridgehead atoms. The number of thiol groups is 1. The predicted molar refractivity (Wildman–Crippen MR) is 105 cm³/mol. The van der Waals surface area contributed by atoms with Crippen LogP contribution in [-0.4, -0.2) is 53.6 Å². The standard InChI is InChI=1S/C18H28N2O2S2/c1-18(2,24-23)16-6-3-5-15(13-16)14-20-11-9-19(10-12-20)8-4-7-17(21)22/h3,5-6,13,23H,4,7-12,14H2,1-2H3,(H,21,22). The zero-order chi connectivity index (χ0) is 17.6. The lowest BCUT2D eigenvalue weighted by atomic mass is 9.99. The third-order valence-electron chi connectivity index (χ3n) is 4.59. The minimum absolute atomic E-state index is 0.0158. The van der Waals surface area contributed by atoms with Crippen LogP contribution >= 0.6 is 22.5 Å². The molecule has 0 unspecified atom stereocenters. The lowest BCUT2D eigenvalue weighted by molar-refractivity contribution is -0.137. The quantitative estimate of drug-likeness (QED) is 0.543. The van der Waals surface area contributed by atoms with Crippen molar-refractivity contribution in [1.29, 1.82) is 0 Å². The Hall–Kier alpha value is -0.690.